The summed E-state index contributed by atoms with van der Waals surface area (Å²) in [4.78, 5) is 27.4. The normalized spacial score (nSPS) is 10.1. The van der Waals surface area contributed by atoms with Gasteiger partial charge in [0.05, 0.1) is 6.54 Å². The molecule has 0 aliphatic carbocycles. The van der Waals surface area contributed by atoms with Gasteiger partial charge in [0, 0.05) is 16.9 Å². The van der Waals surface area contributed by atoms with Crippen molar-refractivity contribution in [3.8, 4) is 0 Å². The summed E-state index contributed by atoms with van der Waals surface area (Å²) >= 11 is 5.76. The first kappa shape index (κ1) is 15.9. The quantitative estimate of drug-likeness (QED) is 0.909. The van der Waals surface area contributed by atoms with Crippen LogP contribution in [0.5, 0.6) is 0 Å². The van der Waals surface area contributed by atoms with Gasteiger partial charge in [-0.3, -0.25) is 14.6 Å². The van der Waals surface area contributed by atoms with Crippen LogP contribution in [-0.2, 0) is 4.79 Å². The number of benzene rings is 1. The molecule has 0 bridgehead atoms. The largest absolute Gasteiger partial charge is 0.342 e. The van der Waals surface area contributed by atoms with Crippen LogP contribution in [0.25, 0.3) is 0 Å². The first-order valence-corrected chi connectivity index (χ1v) is 6.79. The summed E-state index contributed by atoms with van der Waals surface area (Å²) in [6.07, 6.45) is 1.40. The van der Waals surface area contributed by atoms with Crippen LogP contribution in [0.4, 0.5) is 10.1 Å². The Balaban J connectivity index is 1.93. The number of nitrogens with zero attached hydrogens (tertiary/aromatic N) is 1. The summed E-state index contributed by atoms with van der Waals surface area (Å²) in [6.45, 7) is 1.48. The molecule has 5 nitrogen and oxygen atoms in total. The minimum atomic E-state index is -0.520. The fourth-order valence-corrected chi connectivity index (χ4v) is 1.86. The molecule has 1 aromatic heterocycles. The summed E-state index contributed by atoms with van der Waals surface area (Å²) in [6, 6.07) is 7.01. The maximum atomic E-state index is 13.1. The Morgan fingerprint density at radius 2 is 2.05 bits per heavy atom. The Labute approximate surface area is 131 Å². The molecule has 0 radical (unpaired) electrons. The van der Waals surface area contributed by atoms with E-state index < -0.39 is 17.6 Å². The van der Waals surface area contributed by atoms with Crippen molar-refractivity contribution in [3.63, 3.8) is 0 Å². The Kier molecular flexibility index (Phi) is 5.06. The number of aromatic nitrogens is 1. The van der Waals surface area contributed by atoms with E-state index >= 15 is 0 Å². The Bertz CT molecular complexity index is 722. The van der Waals surface area contributed by atoms with Crippen LogP contribution in [-0.4, -0.2) is 23.3 Å². The zero-order valence-electron chi connectivity index (χ0n) is 11.7. The average Bonchev–Trinajstić information content (AvgIpc) is 2.48. The van der Waals surface area contributed by atoms with Crippen molar-refractivity contribution in [1.29, 1.82) is 0 Å². The van der Waals surface area contributed by atoms with Crippen molar-refractivity contribution in [3.05, 3.63) is 58.6 Å². The molecule has 0 fully saturated rings. The van der Waals surface area contributed by atoms with Gasteiger partial charge in [0.2, 0.25) is 5.91 Å². The van der Waals surface area contributed by atoms with Crippen molar-refractivity contribution in [2.45, 2.75) is 6.92 Å². The van der Waals surface area contributed by atoms with Gasteiger partial charge in [-0.15, -0.1) is 0 Å². The van der Waals surface area contributed by atoms with Gasteiger partial charge in [-0.1, -0.05) is 17.7 Å². The number of hydrogen-bond acceptors (Lipinski definition) is 3. The highest BCUT2D eigenvalue weighted by Crippen LogP contribution is 2.15. The highest BCUT2D eigenvalue weighted by atomic mass is 35.5. The Morgan fingerprint density at radius 3 is 2.77 bits per heavy atom. The van der Waals surface area contributed by atoms with Crippen LogP contribution in [0.2, 0.25) is 5.02 Å². The number of aryl methyl sites for hydroxylation is 1. The van der Waals surface area contributed by atoms with E-state index in [1.54, 1.807) is 13.0 Å². The van der Waals surface area contributed by atoms with E-state index in [1.807, 2.05) is 0 Å². The van der Waals surface area contributed by atoms with E-state index in [0.717, 1.165) is 5.56 Å². The van der Waals surface area contributed by atoms with Gasteiger partial charge in [0.15, 0.2) is 0 Å². The monoisotopic (exact) mass is 321 g/mol. The number of nitrogens with one attached hydrogen (secondary N) is 2. The van der Waals surface area contributed by atoms with E-state index in [9.17, 15) is 14.0 Å². The molecule has 1 heterocycles. The molecule has 0 saturated carbocycles. The second-order valence-corrected chi connectivity index (χ2v) is 4.99. The molecule has 2 amide bonds. The van der Waals surface area contributed by atoms with Crippen molar-refractivity contribution in [1.82, 2.24) is 10.3 Å². The van der Waals surface area contributed by atoms with Gasteiger partial charge in [-0.2, -0.15) is 0 Å². The number of carbonyl (C=O) groups is 2. The predicted octanol–water partition coefficient (Wildman–Crippen LogP) is 2.55. The minimum Gasteiger partial charge on any atom is -0.342 e. The zero-order chi connectivity index (χ0) is 16.1. The highest BCUT2D eigenvalue weighted by molar-refractivity contribution is 6.30. The van der Waals surface area contributed by atoms with Crippen LogP contribution in [0.1, 0.15) is 16.1 Å². The van der Waals surface area contributed by atoms with Crippen LogP contribution in [0.3, 0.4) is 0 Å². The Morgan fingerprint density at radius 1 is 1.27 bits per heavy atom. The molecule has 0 aliphatic heterocycles. The van der Waals surface area contributed by atoms with Gasteiger partial charge in [-0.05, 0) is 36.8 Å². The third-order valence-corrected chi connectivity index (χ3v) is 3.07. The SMILES string of the molecule is Cc1ccc(F)cc1NC(=O)CNC(=O)c1cc(Cl)ccn1. The molecule has 2 rings (SSSR count). The molecule has 0 unspecified atom stereocenters. The van der Waals surface area contributed by atoms with Crippen molar-refractivity contribution in [2.75, 3.05) is 11.9 Å². The molecule has 114 valence electrons. The van der Waals surface area contributed by atoms with Crippen LogP contribution >= 0.6 is 11.6 Å². The van der Waals surface area contributed by atoms with Gasteiger partial charge >= 0.3 is 0 Å². The lowest BCUT2D eigenvalue weighted by Crippen LogP contribution is -2.33. The number of anilines is 1. The molecule has 2 N–H and O–H groups in total. The van der Waals surface area contributed by atoms with Crippen molar-refractivity contribution < 1.29 is 14.0 Å². The summed E-state index contributed by atoms with van der Waals surface area (Å²) in [5.41, 5.74) is 1.19. The standard InChI is InChI=1S/C15H13ClFN3O2/c1-9-2-3-11(17)7-12(9)20-14(21)8-19-15(22)13-6-10(16)4-5-18-13/h2-7H,8H2,1H3,(H,19,22)(H,20,21). The van der Waals surface area contributed by atoms with E-state index in [-0.39, 0.29) is 12.2 Å². The van der Waals surface area contributed by atoms with E-state index in [0.29, 0.717) is 10.7 Å². The minimum absolute atomic E-state index is 0.113. The molecule has 1 aromatic carbocycles. The van der Waals surface area contributed by atoms with Crippen molar-refractivity contribution in [2.24, 2.45) is 0 Å². The summed E-state index contributed by atoms with van der Waals surface area (Å²) in [7, 11) is 0. The number of halogens is 2. The number of amides is 2. The molecule has 0 spiro atoms. The molecule has 0 aliphatic rings. The number of carbonyl (C=O) groups excluding carboxylic acids is 2. The first-order valence-electron chi connectivity index (χ1n) is 6.41. The average molecular weight is 322 g/mol. The van der Waals surface area contributed by atoms with E-state index in [2.05, 4.69) is 15.6 Å². The summed E-state index contributed by atoms with van der Waals surface area (Å²) < 4.78 is 13.1. The third kappa shape index (κ3) is 4.26. The molecule has 2 aromatic rings. The topological polar surface area (TPSA) is 71.1 Å². The van der Waals surface area contributed by atoms with Crippen LogP contribution in [0.15, 0.2) is 36.5 Å². The lowest BCUT2D eigenvalue weighted by atomic mass is 10.2. The van der Waals surface area contributed by atoms with Crippen molar-refractivity contribution >= 4 is 29.1 Å². The highest BCUT2D eigenvalue weighted by Gasteiger charge is 2.11. The van der Waals surface area contributed by atoms with Gasteiger partial charge in [-0.25, -0.2) is 4.39 Å². The number of pyridine rings is 1. The maximum absolute atomic E-state index is 13.1. The maximum Gasteiger partial charge on any atom is 0.270 e. The lowest BCUT2D eigenvalue weighted by Gasteiger charge is -2.09. The van der Waals surface area contributed by atoms with Gasteiger partial charge < -0.3 is 10.6 Å². The number of rotatable bonds is 4. The molecule has 22 heavy (non-hydrogen) atoms. The molecule has 7 heteroatoms. The predicted molar refractivity (Wildman–Crippen MR) is 81.3 cm³/mol. The molecular formula is C15H13ClFN3O2. The number of hydrogen-bond donors (Lipinski definition) is 2. The summed E-state index contributed by atoms with van der Waals surface area (Å²) in [5, 5.41) is 5.32. The smallest absolute Gasteiger partial charge is 0.270 e. The van der Waals surface area contributed by atoms with Gasteiger partial charge in [0.25, 0.3) is 5.91 Å². The van der Waals surface area contributed by atoms with E-state index in [4.69, 9.17) is 11.6 Å². The van der Waals surface area contributed by atoms with Crippen LogP contribution < -0.4 is 10.6 Å². The second kappa shape index (κ2) is 7.00. The van der Waals surface area contributed by atoms with E-state index in [1.165, 1.54) is 30.5 Å². The summed E-state index contributed by atoms with van der Waals surface area (Å²) in [5.74, 6) is -1.44. The molecular weight excluding hydrogens is 309 g/mol. The van der Waals surface area contributed by atoms with Gasteiger partial charge in [0.1, 0.15) is 11.5 Å². The first-order chi connectivity index (χ1) is 10.5. The fourth-order valence-electron chi connectivity index (χ4n) is 1.70. The Hall–Kier alpha value is -2.47. The molecule has 0 atom stereocenters. The second-order valence-electron chi connectivity index (χ2n) is 4.55. The fraction of sp³-hybridized carbons (Fsp3) is 0.133. The van der Waals surface area contributed by atoms with Crippen LogP contribution in [0, 0.1) is 12.7 Å². The molecule has 0 saturated heterocycles. The lowest BCUT2D eigenvalue weighted by molar-refractivity contribution is -0.115. The zero-order valence-corrected chi connectivity index (χ0v) is 12.4. The third-order valence-electron chi connectivity index (χ3n) is 2.84.